The minimum atomic E-state index is -0.434. The third-order valence-corrected chi connectivity index (χ3v) is 3.76. The summed E-state index contributed by atoms with van der Waals surface area (Å²) in [5, 5.41) is 9.72. The van der Waals surface area contributed by atoms with Crippen molar-refractivity contribution in [2.24, 2.45) is 0 Å². The second kappa shape index (κ2) is 5.67. The number of hydrogen-bond acceptors (Lipinski definition) is 4. The lowest BCUT2D eigenvalue weighted by molar-refractivity contribution is 0.0244. The topological polar surface area (TPSA) is 53.0 Å². The van der Waals surface area contributed by atoms with Crippen LogP contribution in [0.1, 0.15) is 40.0 Å². The van der Waals surface area contributed by atoms with Crippen LogP contribution in [-0.4, -0.2) is 64.9 Å². The molecule has 0 spiro atoms. The van der Waals surface area contributed by atoms with Crippen molar-refractivity contribution in [3.8, 4) is 0 Å². The summed E-state index contributed by atoms with van der Waals surface area (Å²) in [4.78, 5) is 16.1. The molecule has 2 saturated heterocycles. The molecule has 2 rings (SSSR count). The predicted molar refractivity (Wildman–Crippen MR) is 73.0 cm³/mol. The van der Waals surface area contributed by atoms with Crippen molar-refractivity contribution < 1.29 is 14.6 Å². The fraction of sp³-hybridized carbons (Fsp3) is 0.929. The molecule has 2 aliphatic heterocycles. The van der Waals surface area contributed by atoms with Gasteiger partial charge in [-0.1, -0.05) is 0 Å². The largest absolute Gasteiger partial charge is 0.444 e. The molecule has 0 bridgehead atoms. The number of nitrogens with zero attached hydrogens (tertiary/aromatic N) is 2. The lowest BCUT2D eigenvalue weighted by atomic mass is 10.1. The zero-order valence-corrected chi connectivity index (χ0v) is 12.3. The molecule has 0 saturated carbocycles. The maximum absolute atomic E-state index is 12.0. The molecule has 19 heavy (non-hydrogen) atoms. The zero-order valence-electron chi connectivity index (χ0n) is 12.3. The molecular weight excluding hydrogens is 244 g/mol. The molecule has 1 amide bonds. The molecule has 5 heteroatoms. The monoisotopic (exact) mass is 270 g/mol. The highest BCUT2D eigenvalue weighted by Crippen LogP contribution is 2.22. The molecule has 2 heterocycles. The van der Waals surface area contributed by atoms with E-state index in [2.05, 4.69) is 4.90 Å². The van der Waals surface area contributed by atoms with Gasteiger partial charge in [0.25, 0.3) is 0 Å². The van der Waals surface area contributed by atoms with E-state index in [1.165, 1.54) is 0 Å². The second-order valence-electron chi connectivity index (χ2n) is 6.66. The summed E-state index contributed by atoms with van der Waals surface area (Å²) < 4.78 is 5.40. The Balaban J connectivity index is 1.84. The van der Waals surface area contributed by atoms with E-state index in [4.69, 9.17) is 4.74 Å². The standard InChI is InChI=1S/C14H26N2O3/c1-14(2,3)19-13(18)16-8-6-11(9-16)15-7-4-5-12(17)10-15/h11-12,17H,4-10H2,1-3H3. The van der Waals surface area contributed by atoms with Gasteiger partial charge < -0.3 is 14.7 Å². The highest BCUT2D eigenvalue weighted by molar-refractivity contribution is 5.68. The number of piperidine rings is 1. The summed E-state index contributed by atoms with van der Waals surface area (Å²) in [7, 11) is 0. The van der Waals surface area contributed by atoms with Gasteiger partial charge in [-0.15, -0.1) is 0 Å². The summed E-state index contributed by atoms with van der Waals surface area (Å²) in [6, 6.07) is 0.377. The smallest absolute Gasteiger partial charge is 0.410 e. The Morgan fingerprint density at radius 3 is 2.58 bits per heavy atom. The Morgan fingerprint density at radius 1 is 1.21 bits per heavy atom. The average Bonchev–Trinajstić information content (AvgIpc) is 2.75. The minimum Gasteiger partial charge on any atom is -0.444 e. The number of hydrogen-bond donors (Lipinski definition) is 1. The van der Waals surface area contributed by atoms with Crippen molar-refractivity contribution >= 4 is 6.09 Å². The molecule has 0 radical (unpaired) electrons. The second-order valence-corrected chi connectivity index (χ2v) is 6.66. The highest BCUT2D eigenvalue weighted by Gasteiger charge is 2.34. The molecule has 2 aliphatic rings. The summed E-state index contributed by atoms with van der Waals surface area (Å²) in [6.07, 6.45) is 2.51. The number of aliphatic hydroxyl groups is 1. The lowest BCUT2D eigenvalue weighted by Gasteiger charge is -2.34. The first kappa shape index (κ1) is 14.6. The highest BCUT2D eigenvalue weighted by atomic mass is 16.6. The normalized spacial score (nSPS) is 29.6. The fourth-order valence-electron chi connectivity index (χ4n) is 2.85. The van der Waals surface area contributed by atoms with Crippen LogP contribution in [0.3, 0.4) is 0 Å². The summed E-state index contributed by atoms with van der Waals surface area (Å²) >= 11 is 0. The van der Waals surface area contributed by atoms with Gasteiger partial charge in [0, 0.05) is 25.7 Å². The van der Waals surface area contributed by atoms with Crippen molar-refractivity contribution in [1.82, 2.24) is 9.80 Å². The van der Waals surface area contributed by atoms with Gasteiger partial charge in [-0.05, 0) is 46.6 Å². The molecule has 2 fully saturated rings. The Bertz CT molecular complexity index is 327. The van der Waals surface area contributed by atoms with Crippen LogP contribution in [0.15, 0.2) is 0 Å². The molecule has 2 unspecified atom stereocenters. The van der Waals surface area contributed by atoms with E-state index in [0.717, 1.165) is 45.4 Å². The van der Waals surface area contributed by atoms with Gasteiger partial charge in [0.2, 0.25) is 0 Å². The molecule has 1 N–H and O–H groups in total. The number of carbonyl (C=O) groups excluding carboxylic acids is 1. The first-order chi connectivity index (χ1) is 8.85. The van der Waals surface area contributed by atoms with Crippen LogP contribution < -0.4 is 0 Å². The maximum Gasteiger partial charge on any atom is 0.410 e. The number of amides is 1. The van der Waals surface area contributed by atoms with E-state index < -0.39 is 5.60 Å². The van der Waals surface area contributed by atoms with Crippen molar-refractivity contribution in [1.29, 1.82) is 0 Å². The van der Waals surface area contributed by atoms with E-state index in [0.29, 0.717) is 6.04 Å². The van der Waals surface area contributed by atoms with Crippen LogP contribution in [-0.2, 0) is 4.74 Å². The van der Waals surface area contributed by atoms with Gasteiger partial charge in [-0.2, -0.15) is 0 Å². The van der Waals surface area contributed by atoms with E-state index in [-0.39, 0.29) is 12.2 Å². The number of carbonyl (C=O) groups is 1. The molecule has 0 aromatic carbocycles. The Hall–Kier alpha value is -0.810. The first-order valence-electron chi connectivity index (χ1n) is 7.25. The van der Waals surface area contributed by atoms with Crippen molar-refractivity contribution in [3.05, 3.63) is 0 Å². The van der Waals surface area contributed by atoms with Crippen LogP contribution in [0.25, 0.3) is 0 Å². The van der Waals surface area contributed by atoms with E-state index in [1.807, 2.05) is 20.8 Å². The Kier molecular flexibility index (Phi) is 4.36. The molecule has 0 aliphatic carbocycles. The van der Waals surface area contributed by atoms with Crippen LogP contribution in [0, 0.1) is 0 Å². The first-order valence-corrected chi connectivity index (χ1v) is 7.25. The van der Waals surface area contributed by atoms with Crippen molar-refractivity contribution in [3.63, 3.8) is 0 Å². The fourth-order valence-corrected chi connectivity index (χ4v) is 2.85. The van der Waals surface area contributed by atoms with E-state index in [9.17, 15) is 9.90 Å². The molecule has 0 aromatic heterocycles. The molecule has 2 atom stereocenters. The number of ether oxygens (including phenoxy) is 1. The third-order valence-electron chi connectivity index (χ3n) is 3.76. The number of likely N-dealkylation sites (tertiary alicyclic amines) is 2. The van der Waals surface area contributed by atoms with Crippen LogP contribution in [0.4, 0.5) is 4.79 Å². The summed E-state index contributed by atoms with van der Waals surface area (Å²) in [5.74, 6) is 0. The summed E-state index contributed by atoms with van der Waals surface area (Å²) in [5.41, 5.74) is -0.434. The minimum absolute atomic E-state index is 0.204. The number of rotatable bonds is 1. The average molecular weight is 270 g/mol. The van der Waals surface area contributed by atoms with Gasteiger partial charge in [-0.3, -0.25) is 4.90 Å². The quantitative estimate of drug-likeness (QED) is 0.783. The van der Waals surface area contributed by atoms with Crippen LogP contribution in [0.5, 0.6) is 0 Å². The molecular formula is C14H26N2O3. The summed E-state index contributed by atoms with van der Waals surface area (Å²) in [6.45, 7) is 8.92. The zero-order chi connectivity index (χ0) is 14.0. The Morgan fingerprint density at radius 2 is 1.95 bits per heavy atom. The van der Waals surface area contributed by atoms with Crippen molar-refractivity contribution in [2.45, 2.75) is 57.8 Å². The molecule has 0 aromatic rings. The van der Waals surface area contributed by atoms with Crippen molar-refractivity contribution in [2.75, 3.05) is 26.2 Å². The number of β-amino-alcohol motifs (C(OH)–C–C–N with tert-alkyl or cyclic N) is 1. The van der Waals surface area contributed by atoms with Gasteiger partial charge in [0.05, 0.1) is 6.10 Å². The van der Waals surface area contributed by atoms with Gasteiger partial charge in [0.15, 0.2) is 0 Å². The lowest BCUT2D eigenvalue weighted by Crippen LogP contribution is -2.46. The SMILES string of the molecule is CC(C)(C)OC(=O)N1CCC(N2CCCC(O)C2)C1. The molecule has 110 valence electrons. The van der Waals surface area contributed by atoms with E-state index >= 15 is 0 Å². The van der Waals surface area contributed by atoms with Crippen LogP contribution in [0.2, 0.25) is 0 Å². The predicted octanol–water partition coefficient (Wildman–Crippen LogP) is 1.45. The van der Waals surface area contributed by atoms with Gasteiger partial charge in [-0.25, -0.2) is 4.79 Å². The Labute approximate surface area is 115 Å². The van der Waals surface area contributed by atoms with Crippen LogP contribution >= 0.6 is 0 Å². The van der Waals surface area contributed by atoms with Gasteiger partial charge >= 0.3 is 6.09 Å². The van der Waals surface area contributed by atoms with Gasteiger partial charge in [0.1, 0.15) is 5.60 Å². The number of aliphatic hydroxyl groups excluding tert-OH is 1. The third kappa shape index (κ3) is 4.08. The molecule has 5 nitrogen and oxygen atoms in total. The van der Waals surface area contributed by atoms with E-state index in [1.54, 1.807) is 4.90 Å². The maximum atomic E-state index is 12.0.